The Hall–Kier alpha value is -0.910. The average molecular weight is 274 g/mol. The van der Waals surface area contributed by atoms with Gasteiger partial charge in [0, 0.05) is 19.3 Å². The number of aromatic nitrogens is 1. The Morgan fingerprint density at radius 2 is 2.39 bits per heavy atom. The third kappa shape index (κ3) is 3.31. The standard InChI is InChI=1S/C12H17ClFN3O/c1-7-4-15-11(8(2)18-7)6-17-12-10(14)3-9(13)5-16-12/h3,5,7-8,11,15H,4,6H2,1-2H3,(H,16,17)/t7-,8+,11-/m1/s1. The maximum atomic E-state index is 13.5. The van der Waals surface area contributed by atoms with Gasteiger partial charge in [-0.05, 0) is 19.9 Å². The van der Waals surface area contributed by atoms with Crippen molar-refractivity contribution in [3.63, 3.8) is 0 Å². The highest BCUT2D eigenvalue weighted by molar-refractivity contribution is 6.30. The number of ether oxygens (including phenoxy) is 1. The van der Waals surface area contributed by atoms with Crippen LogP contribution in [0.3, 0.4) is 0 Å². The molecule has 0 bridgehead atoms. The fourth-order valence-corrected chi connectivity index (χ4v) is 2.13. The first kappa shape index (κ1) is 13.5. The Labute approximate surface area is 111 Å². The van der Waals surface area contributed by atoms with Crippen molar-refractivity contribution in [1.29, 1.82) is 0 Å². The summed E-state index contributed by atoms with van der Waals surface area (Å²) in [6.07, 6.45) is 1.71. The maximum Gasteiger partial charge on any atom is 0.166 e. The lowest BCUT2D eigenvalue weighted by atomic mass is 10.1. The molecule has 100 valence electrons. The van der Waals surface area contributed by atoms with Crippen LogP contribution < -0.4 is 10.6 Å². The number of rotatable bonds is 3. The third-order valence-electron chi connectivity index (χ3n) is 2.98. The van der Waals surface area contributed by atoms with E-state index in [2.05, 4.69) is 15.6 Å². The van der Waals surface area contributed by atoms with Crippen LogP contribution in [0.5, 0.6) is 0 Å². The van der Waals surface area contributed by atoms with E-state index in [4.69, 9.17) is 16.3 Å². The molecule has 6 heteroatoms. The summed E-state index contributed by atoms with van der Waals surface area (Å²) in [4.78, 5) is 3.92. The molecule has 0 amide bonds. The van der Waals surface area contributed by atoms with Gasteiger partial charge in [-0.15, -0.1) is 0 Å². The van der Waals surface area contributed by atoms with E-state index in [1.807, 2.05) is 13.8 Å². The molecule has 0 radical (unpaired) electrons. The molecular formula is C12H17ClFN3O. The number of halogens is 2. The first-order valence-corrected chi connectivity index (χ1v) is 6.38. The molecule has 2 rings (SSSR count). The fourth-order valence-electron chi connectivity index (χ4n) is 1.98. The molecule has 0 saturated carbocycles. The van der Waals surface area contributed by atoms with Crippen LogP contribution in [0, 0.1) is 5.82 Å². The number of pyridine rings is 1. The molecule has 0 unspecified atom stereocenters. The number of hydrogen-bond acceptors (Lipinski definition) is 4. The molecular weight excluding hydrogens is 257 g/mol. The molecule has 1 saturated heterocycles. The normalized spacial score (nSPS) is 28.1. The quantitative estimate of drug-likeness (QED) is 0.885. The smallest absolute Gasteiger partial charge is 0.166 e. The minimum absolute atomic E-state index is 0.0802. The lowest BCUT2D eigenvalue weighted by molar-refractivity contribution is -0.0407. The monoisotopic (exact) mass is 273 g/mol. The summed E-state index contributed by atoms with van der Waals surface area (Å²) in [5.41, 5.74) is 0. The minimum atomic E-state index is -0.444. The van der Waals surface area contributed by atoms with Crippen molar-refractivity contribution in [2.75, 3.05) is 18.4 Å². The molecule has 2 N–H and O–H groups in total. The van der Waals surface area contributed by atoms with Crippen molar-refractivity contribution in [3.8, 4) is 0 Å². The van der Waals surface area contributed by atoms with Gasteiger partial charge in [0.05, 0.1) is 23.3 Å². The summed E-state index contributed by atoms with van der Waals surface area (Å²) in [5.74, 6) is -0.229. The van der Waals surface area contributed by atoms with E-state index >= 15 is 0 Å². The molecule has 18 heavy (non-hydrogen) atoms. The van der Waals surface area contributed by atoms with E-state index < -0.39 is 5.82 Å². The van der Waals surface area contributed by atoms with E-state index in [-0.39, 0.29) is 24.1 Å². The van der Waals surface area contributed by atoms with Crippen LogP contribution in [0.4, 0.5) is 10.2 Å². The molecule has 1 aliphatic heterocycles. The average Bonchev–Trinajstić information content (AvgIpc) is 2.30. The minimum Gasteiger partial charge on any atom is -0.373 e. The van der Waals surface area contributed by atoms with Gasteiger partial charge in [-0.25, -0.2) is 9.37 Å². The van der Waals surface area contributed by atoms with Crippen LogP contribution >= 0.6 is 11.6 Å². The van der Waals surface area contributed by atoms with Gasteiger partial charge in [-0.2, -0.15) is 0 Å². The summed E-state index contributed by atoms with van der Waals surface area (Å²) in [7, 11) is 0. The second-order valence-electron chi connectivity index (χ2n) is 4.53. The molecule has 0 spiro atoms. The first-order valence-electron chi connectivity index (χ1n) is 6.00. The molecule has 0 aliphatic carbocycles. The molecule has 1 aliphatic rings. The lowest BCUT2D eigenvalue weighted by Crippen LogP contribution is -2.53. The van der Waals surface area contributed by atoms with Gasteiger partial charge in [0.2, 0.25) is 0 Å². The second-order valence-corrected chi connectivity index (χ2v) is 4.97. The van der Waals surface area contributed by atoms with Crippen LogP contribution in [-0.4, -0.2) is 36.3 Å². The first-order chi connectivity index (χ1) is 8.56. The highest BCUT2D eigenvalue weighted by atomic mass is 35.5. The molecule has 1 fully saturated rings. The van der Waals surface area contributed by atoms with Gasteiger partial charge in [0.15, 0.2) is 11.6 Å². The molecule has 1 aromatic rings. The van der Waals surface area contributed by atoms with Crippen molar-refractivity contribution in [1.82, 2.24) is 10.3 Å². The largest absolute Gasteiger partial charge is 0.373 e. The number of anilines is 1. The maximum absolute atomic E-state index is 13.5. The van der Waals surface area contributed by atoms with Gasteiger partial charge < -0.3 is 15.4 Å². The summed E-state index contributed by atoms with van der Waals surface area (Å²) in [5, 5.41) is 6.61. The summed E-state index contributed by atoms with van der Waals surface area (Å²) in [6, 6.07) is 1.38. The fraction of sp³-hybridized carbons (Fsp3) is 0.583. The van der Waals surface area contributed by atoms with Crippen LogP contribution in [0.15, 0.2) is 12.3 Å². The topological polar surface area (TPSA) is 46.2 Å². The summed E-state index contributed by atoms with van der Waals surface area (Å²) < 4.78 is 19.2. The van der Waals surface area contributed by atoms with Crippen molar-refractivity contribution < 1.29 is 9.13 Å². The predicted octanol–water partition coefficient (Wildman–Crippen LogP) is 2.05. The molecule has 2 heterocycles. The predicted molar refractivity (Wildman–Crippen MR) is 69.5 cm³/mol. The Morgan fingerprint density at radius 1 is 1.61 bits per heavy atom. The molecule has 1 aromatic heterocycles. The number of nitrogens with zero attached hydrogens (tertiary/aromatic N) is 1. The third-order valence-corrected chi connectivity index (χ3v) is 3.19. The SMILES string of the molecule is C[C@@H]1CN[C@H](CNc2ncc(Cl)cc2F)[C@H](C)O1. The van der Waals surface area contributed by atoms with Crippen LogP contribution in [0.25, 0.3) is 0 Å². The van der Waals surface area contributed by atoms with Crippen molar-refractivity contribution in [2.24, 2.45) is 0 Å². The van der Waals surface area contributed by atoms with Gasteiger partial charge >= 0.3 is 0 Å². The van der Waals surface area contributed by atoms with Crippen molar-refractivity contribution in [2.45, 2.75) is 32.1 Å². The number of morpholine rings is 1. The zero-order chi connectivity index (χ0) is 13.1. The Balaban J connectivity index is 1.91. The lowest BCUT2D eigenvalue weighted by Gasteiger charge is -2.34. The molecule has 4 nitrogen and oxygen atoms in total. The highest BCUT2D eigenvalue weighted by Gasteiger charge is 2.25. The molecule has 0 aromatic carbocycles. The van der Waals surface area contributed by atoms with Gasteiger partial charge in [-0.3, -0.25) is 0 Å². The number of hydrogen-bond donors (Lipinski definition) is 2. The van der Waals surface area contributed by atoms with Crippen molar-refractivity contribution >= 4 is 17.4 Å². The van der Waals surface area contributed by atoms with Crippen molar-refractivity contribution in [3.05, 3.63) is 23.1 Å². The Morgan fingerprint density at radius 3 is 3.06 bits per heavy atom. The van der Waals surface area contributed by atoms with E-state index in [0.29, 0.717) is 11.6 Å². The zero-order valence-electron chi connectivity index (χ0n) is 10.4. The Bertz CT molecular complexity index is 418. The van der Waals surface area contributed by atoms with E-state index in [0.717, 1.165) is 6.54 Å². The van der Waals surface area contributed by atoms with E-state index in [1.54, 1.807) is 0 Å². The zero-order valence-corrected chi connectivity index (χ0v) is 11.2. The van der Waals surface area contributed by atoms with Crippen LogP contribution in [0.2, 0.25) is 5.02 Å². The molecule has 3 atom stereocenters. The number of nitrogens with one attached hydrogen (secondary N) is 2. The van der Waals surface area contributed by atoms with Gasteiger partial charge in [0.25, 0.3) is 0 Å². The highest BCUT2D eigenvalue weighted by Crippen LogP contribution is 2.16. The van der Waals surface area contributed by atoms with E-state index in [9.17, 15) is 4.39 Å². The van der Waals surface area contributed by atoms with E-state index in [1.165, 1.54) is 12.3 Å². The Kier molecular flexibility index (Phi) is 4.37. The van der Waals surface area contributed by atoms with Crippen LogP contribution in [0.1, 0.15) is 13.8 Å². The van der Waals surface area contributed by atoms with Gasteiger partial charge in [-0.1, -0.05) is 11.6 Å². The summed E-state index contributed by atoms with van der Waals surface area (Å²) in [6.45, 7) is 5.38. The second kappa shape index (κ2) is 5.82. The summed E-state index contributed by atoms with van der Waals surface area (Å²) >= 11 is 5.64. The van der Waals surface area contributed by atoms with Crippen LogP contribution in [-0.2, 0) is 4.74 Å². The van der Waals surface area contributed by atoms with Gasteiger partial charge in [0.1, 0.15) is 0 Å².